The number of benzene rings is 1. The van der Waals surface area contributed by atoms with Gasteiger partial charge in [-0.05, 0) is 24.3 Å². The minimum absolute atomic E-state index is 0.0950. The molecule has 0 saturated heterocycles. The van der Waals surface area contributed by atoms with Crippen LogP contribution in [0, 0.1) is 0 Å². The minimum Gasteiger partial charge on any atom is -0.481 e. The highest BCUT2D eigenvalue weighted by Gasteiger charge is 2.16. The molecule has 18 heavy (non-hydrogen) atoms. The summed E-state index contributed by atoms with van der Waals surface area (Å²) in [5, 5.41) is 9.23. The van der Waals surface area contributed by atoms with Crippen LogP contribution < -0.4 is 4.90 Å². The van der Waals surface area contributed by atoms with E-state index in [4.69, 9.17) is 21.4 Å². The molecule has 0 fully saturated rings. The monoisotopic (exact) mass is 271 g/mol. The van der Waals surface area contributed by atoms with Gasteiger partial charge in [0, 0.05) is 24.4 Å². The molecule has 0 aliphatic heterocycles. The average Bonchev–Trinajstić information content (AvgIpc) is 2.31. The lowest BCUT2D eigenvalue weighted by Gasteiger charge is -2.21. The van der Waals surface area contributed by atoms with E-state index in [9.17, 15) is 9.59 Å². The van der Waals surface area contributed by atoms with Crippen LogP contribution in [0.4, 0.5) is 5.69 Å². The van der Waals surface area contributed by atoms with Gasteiger partial charge in [0.2, 0.25) is 0 Å². The van der Waals surface area contributed by atoms with E-state index >= 15 is 0 Å². The quantitative estimate of drug-likeness (QED) is 0.857. The number of amides is 1. The van der Waals surface area contributed by atoms with Crippen molar-refractivity contribution in [1.82, 2.24) is 0 Å². The topological polar surface area (TPSA) is 66.8 Å². The number of ether oxygens (including phenoxy) is 1. The van der Waals surface area contributed by atoms with E-state index in [1.807, 2.05) is 0 Å². The standard InChI is InChI=1S/C12H14ClNO4/c1-18-8-11(15)14(7-6-12(16)17)10-4-2-9(13)3-5-10/h2-5H,6-8H2,1H3,(H,16,17). The highest BCUT2D eigenvalue weighted by Crippen LogP contribution is 2.18. The summed E-state index contributed by atoms with van der Waals surface area (Å²) in [6.45, 7) is 0.00139. The highest BCUT2D eigenvalue weighted by atomic mass is 35.5. The fourth-order valence-corrected chi connectivity index (χ4v) is 1.55. The molecule has 0 unspecified atom stereocenters. The van der Waals surface area contributed by atoms with E-state index in [1.165, 1.54) is 12.0 Å². The van der Waals surface area contributed by atoms with E-state index in [-0.39, 0.29) is 25.5 Å². The lowest BCUT2D eigenvalue weighted by molar-refractivity contribution is -0.136. The molecule has 0 aliphatic rings. The molecule has 1 N–H and O–H groups in total. The van der Waals surface area contributed by atoms with Gasteiger partial charge in [-0.3, -0.25) is 9.59 Å². The first-order chi connectivity index (χ1) is 8.54. The Morgan fingerprint density at radius 1 is 1.33 bits per heavy atom. The number of halogens is 1. The number of carbonyl (C=O) groups excluding carboxylic acids is 1. The molecule has 0 aliphatic carbocycles. The molecule has 0 radical (unpaired) electrons. The van der Waals surface area contributed by atoms with Crippen LogP contribution in [0.1, 0.15) is 6.42 Å². The Hall–Kier alpha value is -1.59. The maximum atomic E-state index is 11.8. The predicted octanol–water partition coefficient (Wildman–Crippen LogP) is 1.79. The van der Waals surface area contributed by atoms with Crippen LogP contribution in [0.25, 0.3) is 0 Å². The minimum atomic E-state index is -0.959. The summed E-state index contributed by atoms with van der Waals surface area (Å²) in [7, 11) is 1.41. The lowest BCUT2D eigenvalue weighted by atomic mass is 10.2. The van der Waals surface area contributed by atoms with E-state index < -0.39 is 5.97 Å². The lowest BCUT2D eigenvalue weighted by Crippen LogP contribution is -2.35. The maximum absolute atomic E-state index is 11.8. The molecule has 0 spiro atoms. The first-order valence-electron chi connectivity index (χ1n) is 5.31. The van der Waals surface area contributed by atoms with Crippen molar-refractivity contribution in [3.05, 3.63) is 29.3 Å². The first-order valence-corrected chi connectivity index (χ1v) is 5.69. The zero-order valence-corrected chi connectivity index (χ0v) is 10.7. The Morgan fingerprint density at radius 2 is 1.94 bits per heavy atom. The van der Waals surface area contributed by atoms with Crippen LogP contribution in [0.5, 0.6) is 0 Å². The number of anilines is 1. The summed E-state index contributed by atoms with van der Waals surface area (Å²) in [4.78, 5) is 23.8. The molecule has 1 aromatic carbocycles. The second kappa shape index (κ2) is 6.98. The zero-order chi connectivity index (χ0) is 13.5. The Kier molecular flexibility index (Phi) is 5.61. The number of nitrogens with zero attached hydrogens (tertiary/aromatic N) is 1. The van der Waals surface area contributed by atoms with Gasteiger partial charge in [-0.1, -0.05) is 11.6 Å². The molecular formula is C12H14ClNO4. The van der Waals surface area contributed by atoms with Crippen molar-refractivity contribution in [3.63, 3.8) is 0 Å². The summed E-state index contributed by atoms with van der Waals surface area (Å²) in [5.41, 5.74) is 0.600. The van der Waals surface area contributed by atoms with Crippen LogP contribution >= 0.6 is 11.6 Å². The van der Waals surface area contributed by atoms with Crippen LogP contribution in [0.2, 0.25) is 5.02 Å². The fourth-order valence-electron chi connectivity index (χ4n) is 1.43. The van der Waals surface area contributed by atoms with Gasteiger partial charge >= 0.3 is 5.97 Å². The van der Waals surface area contributed by atoms with Gasteiger partial charge in [0.1, 0.15) is 6.61 Å². The van der Waals surface area contributed by atoms with Crippen molar-refractivity contribution in [2.75, 3.05) is 25.2 Å². The summed E-state index contributed by atoms with van der Waals surface area (Å²) in [6, 6.07) is 6.62. The van der Waals surface area contributed by atoms with Gasteiger partial charge in [0.25, 0.3) is 5.91 Å². The van der Waals surface area contributed by atoms with E-state index in [1.54, 1.807) is 24.3 Å². The van der Waals surface area contributed by atoms with Crippen molar-refractivity contribution in [2.24, 2.45) is 0 Å². The zero-order valence-electron chi connectivity index (χ0n) is 9.93. The van der Waals surface area contributed by atoms with Gasteiger partial charge in [0.15, 0.2) is 0 Å². The molecule has 0 aromatic heterocycles. The van der Waals surface area contributed by atoms with Crippen LogP contribution in [-0.2, 0) is 14.3 Å². The Bertz CT molecular complexity index is 419. The summed E-state index contributed by atoms with van der Waals surface area (Å²) in [5.74, 6) is -1.25. The number of carboxylic acids is 1. The number of hydrogen-bond acceptors (Lipinski definition) is 3. The molecule has 0 bridgehead atoms. The second-order valence-electron chi connectivity index (χ2n) is 3.60. The first kappa shape index (κ1) is 14.5. The molecule has 0 heterocycles. The number of carbonyl (C=O) groups is 2. The average molecular weight is 272 g/mol. The summed E-state index contributed by atoms with van der Waals surface area (Å²) in [6.07, 6.45) is -0.127. The summed E-state index contributed by atoms with van der Waals surface area (Å²) >= 11 is 5.76. The number of carboxylic acid groups (broad SMARTS) is 1. The number of aliphatic carboxylic acids is 1. The molecule has 5 nitrogen and oxygen atoms in total. The fraction of sp³-hybridized carbons (Fsp3) is 0.333. The van der Waals surface area contributed by atoms with E-state index in [0.717, 1.165) is 0 Å². The van der Waals surface area contributed by atoms with E-state index in [0.29, 0.717) is 10.7 Å². The number of hydrogen-bond donors (Lipinski definition) is 1. The molecule has 98 valence electrons. The molecule has 1 rings (SSSR count). The molecule has 0 saturated carbocycles. The number of methoxy groups -OCH3 is 1. The Balaban J connectivity index is 2.85. The van der Waals surface area contributed by atoms with Gasteiger partial charge in [-0.25, -0.2) is 0 Å². The van der Waals surface area contributed by atoms with Crippen molar-refractivity contribution < 1.29 is 19.4 Å². The van der Waals surface area contributed by atoms with Crippen LogP contribution in [0.3, 0.4) is 0 Å². The smallest absolute Gasteiger partial charge is 0.305 e. The van der Waals surface area contributed by atoms with Gasteiger partial charge in [-0.15, -0.1) is 0 Å². The molecule has 0 atom stereocenters. The third-order valence-electron chi connectivity index (χ3n) is 2.26. The van der Waals surface area contributed by atoms with Crippen LogP contribution in [0.15, 0.2) is 24.3 Å². The van der Waals surface area contributed by atoms with Crippen LogP contribution in [-0.4, -0.2) is 37.2 Å². The molecule has 1 amide bonds. The largest absolute Gasteiger partial charge is 0.481 e. The summed E-state index contributed by atoms with van der Waals surface area (Å²) < 4.78 is 4.77. The molecule has 6 heteroatoms. The van der Waals surface area contributed by atoms with Crippen molar-refractivity contribution >= 4 is 29.2 Å². The molecular weight excluding hydrogens is 258 g/mol. The third-order valence-corrected chi connectivity index (χ3v) is 2.51. The normalized spacial score (nSPS) is 10.1. The predicted molar refractivity (Wildman–Crippen MR) is 67.9 cm³/mol. The van der Waals surface area contributed by atoms with Gasteiger partial charge < -0.3 is 14.7 Å². The van der Waals surface area contributed by atoms with Gasteiger partial charge in [-0.2, -0.15) is 0 Å². The molecule has 1 aromatic rings. The van der Waals surface area contributed by atoms with Crippen molar-refractivity contribution in [3.8, 4) is 0 Å². The highest BCUT2D eigenvalue weighted by molar-refractivity contribution is 6.30. The second-order valence-corrected chi connectivity index (χ2v) is 4.03. The van der Waals surface area contributed by atoms with E-state index in [2.05, 4.69) is 0 Å². The Labute approximate surface area is 110 Å². The third kappa shape index (κ3) is 4.35. The Morgan fingerprint density at radius 3 is 2.44 bits per heavy atom. The number of rotatable bonds is 6. The maximum Gasteiger partial charge on any atom is 0.305 e. The SMILES string of the molecule is COCC(=O)N(CCC(=O)O)c1ccc(Cl)cc1. The van der Waals surface area contributed by atoms with Crippen molar-refractivity contribution in [2.45, 2.75) is 6.42 Å². The van der Waals surface area contributed by atoms with Gasteiger partial charge in [0.05, 0.1) is 6.42 Å². The van der Waals surface area contributed by atoms with Crippen molar-refractivity contribution in [1.29, 1.82) is 0 Å².